The second kappa shape index (κ2) is 5.79. The number of aromatic carboxylic acids is 1. The van der Waals surface area contributed by atoms with E-state index in [-0.39, 0.29) is 11.3 Å². The molecule has 1 aromatic heterocycles. The SMILES string of the molecule is O=C(O)c1cc([N+](=O)[O-])ccc1NCc1ccncc1. The normalized spacial score (nSPS) is 10.0. The molecule has 0 atom stereocenters. The molecule has 102 valence electrons. The summed E-state index contributed by atoms with van der Waals surface area (Å²) in [7, 11) is 0. The van der Waals surface area contributed by atoms with Gasteiger partial charge in [-0.3, -0.25) is 15.1 Å². The molecule has 20 heavy (non-hydrogen) atoms. The van der Waals surface area contributed by atoms with Crippen LogP contribution in [0.15, 0.2) is 42.7 Å². The maximum absolute atomic E-state index is 11.1. The van der Waals surface area contributed by atoms with Crippen molar-refractivity contribution < 1.29 is 14.8 Å². The van der Waals surface area contributed by atoms with Crippen molar-refractivity contribution in [3.05, 3.63) is 64.0 Å². The molecule has 0 saturated carbocycles. The van der Waals surface area contributed by atoms with Gasteiger partial charge in [-0.25, -0.2) is 4.79 Å². The number of anilines is 1. The first-order chi connectivity index (χ1) is 9.58. The van der Waals surface area contributed by atoms with Gasteiger partial charge in [-0.05, 0) is 23.8 Å². The van der Waals surface area contributed by atoms with Crippen LogP contribution in [0.4, 0.5) is 11.4 Å². The number of hydrogen-bond acceptors (Lipinski definition) is 5. The van der Waals surface area contributed by atoms with Crippen LogP contribution in [0.3, 0.4) is 0 Å². The quantitative estimate of drug-likeness (QED) is 0.639. The Labute approximate surface area is 114 Å². The van der Waals surface area contributed by atoms with Gasteiger partial charge in [0.1, 0.15) is 0 Å². The molecule has 0 bridgehead atoms. The summed E-state index contributed by atoms with van der Waals surface area (Å²) in [6.45, 7) is 0.403. The molecular formula is C13H11N3O4. The second-order valence-electron chi connectivity index (χ2n) is 4.00. The lowest BCUT2D eigenvalue weighted by Crippen LogP contribution is -2.07. The Kier molecular flexibility index (Phi) is 3.90. The van der Waals surface area contributed by atoms with Crippen molar-refractivity contribution in [1.29, 1.82) is 0 Å². The molecule has 1 heterocycles. The smallest absolute Gasteiger partial charge is 0.338 e. The van der Waals surface area contributed by atoms with Crippen molar-refractivity contribution in [2.45, 2.75) is 6.54 Å². The number of hydrogen-bond donors (Lipinski definition) is 2. The average molecular weight is 273 g/mol. The third-order valence-electron chi connectivity index (χ3n) is 2.68. The lowest BCUT2D eigenvalue weighted by molar-refractivity contribution is -0.384. The fraction of sp³-hybridized carbons (Fsp3) is 0.0769. The fourth-order valence-corrected chi connectivity index (χ4v) is 1.67. The molecule has 0 aliphatic heterocycles. The number of carboxylic acid groups (broad SMARTS) is 1. The molecule has 0 unspecified atom stereocenters. The molecule has 1 aromatic carbocycles. The minimum Gasteiger partial charge on any atom is -0.478 e. The number of carbonyl (C=O) groups is 1. The molecule has 0 radical (unpaired) electrons. The summed E-state index contributed by atoms with van der Waals surface area (Å²) in [6, 6.07) is 7.28. The first-order valence-electron chi connectivity index (χ1n) is 5.72. The van der Waals surface area contributed by atoms with Crippen molar-refractivity contribution in [2.24, 2.45) is 0 Å². The molecule has 2 N–H and O–H groups in total. The summed E-state index contributed by atoms with van der Waals surface area (Å²) < 4.78 is 0. The molecule has 0 aliphatic rings. The van der Waals surface area contributed by atoms with Crippen molar-refractivity contribution in [3.63, 3.8) is 0 Å². The predicted molar refractivity (Wildman–Crippen MR) is 71.6 cm³/mol. The highest BCUT2D eigenvalue weighted by atomic mass is 16.6. The first kappa shape index (κ1) is 13.5. The van der Waals surface area contributed by atoms with Crippen molar-refractivity contribution in [3.8, 4) is 0 Å². The van der Waals surface area contributed by atoms with Gasteiger partial charge < -0.3 is 10.4 Å². The standard InChI is InChI=1S/C13H11N3O4/c17-13(18)11-7-10(16(19)20)1-2-12(11)15-8-9-3-5-14-6-4-9/h1-7,15H,8H2,(H,17,18). The van der Waals surface area contributed by atoms with Crippen molar-refractivity contribution in [1.82, 2.24) is 4.98 Å². The number of benzene rings is 1. The molecular weight excluding hydrogens is 262 g/mol. The number of nitrogens with zero attached hydrogens (tertiary/aromatic N) is 2. The number of rotatable bonds is 5. The van der Waals surface area contributed by atoms with Gasteiger partial charge >= 0.3 is 5.97 Å². The molecule has 7 nitrogen and oxygen atoms in total. The molecule has 0 spiro atoms. The van der Waals surface area contributed by atoms with E-state index in [4.69, 9.17) is 5.11 Å². The number of nitro benzene ring substituents is 1. The third kappa shape index (κ3) is 3.08. The van der Waals surface area contributed by atoms with E-state index in [0.29, 0.717) is 12.2 Å². The average Bonchev–Trinajstić information content (AvgIpc) is 2.45. The monoisotopic (exact) mass is 273 g/mol. The molecule has 7 heteroatoms. The van der Waals surface area contributed by atoms with Crippen LogP contribution in [0.1, 0.15) is 15.9 Å². The maximum Gasteiger partial charge on any atom is 0.338 e. The number of nitro groups is 1. The minimum atomic E-state index is -1.22. The summed E-state index contributed by atoms with van der Waals surface area (Å²) in [5.41, 5.74) is 0.875. The zero-order chi connectivity index (χ0) is 14.5. The Morgan fingerprint density at radius 2 is 2.00 bits per heavy atom. The van der Waals surface area contributed by atoms with Gasteiger partial charge in [0.05, 0.1) is 10.5 Å². The van der Waals surface area contributed by atoms with Crippen LogP contribution >= 0.6 is 0 Å². The Morgan fingerprint density at radius 1 is 1.30 bits per heavy atom. The molecule has 0 amide bonds. The molecule has 0 saturated heterocycles. The van der Waals surface area contributed by atoms with Crippen LogP contribution in [-0.4, -0.2) is 21.0 Å². The van der Waals surface area contributed by atoms with Crippen LogP contribution in [-0.2, 0) is 6.54 Å². The summed E-state index contributed by atoms with van der Waals surface area (Å²) in [5, 5.41) is 22.7. The number of aromatic nitrogens is 1. The van der Waals surface area contributed by atoms with Gasteiger partial charge in [0.2, 0.25) is 0 Å². The van der Waals surface area contributed by atoms with Gasteiger partial charge in [0, 0.05) is 36.8 Å². The van der Waals surface area contributed by atoms with Gasteiger partial charge in [-0.2, -0.15) is 0 Å². The molecule has 0 fully saturated rings. The summed E-state index contributed by atoms with van der Waals surface area (Å²) >= 11 is 0. The van der Waals surface area contributed by atoms with Crippen molar-refractivity contribution in [2.75, 3.05) is 5.32 Å². The zero-order valence-electron chi connectivity index (χ0n) is 10.3. The molecule has 0 aliphatic carbocycles. The zero-order valence-corrected chi connectivity index (χ0v) is 10.3. The van der Waals surface area contributed by atoms with Gasteiger partial charge in [-0.15, -0.1) is 0 Å². The highest BCUT2D eigenvalue weighted by molar-refractivity contribution is 5.95. The van der Waals surface area contributed by atoms with E-state index in [2.05, 4.69) is 10.3 Å². The Hall–Kier alpha value is -2.96. The van der Waals surface area contributed by atoms with Gasteiger partial charge in [-0.1, -0.05) is 0 Å². The van der Waals surface area contributed by atoms with E-state index in [9.17, 15) is 14.9 Å². The van der Waals surface area contributed by atoms with E-state index in [0.717, 1.165) is 11.6 Å². The fourth-order valence-electron chi connectivity index (χ4n) is 1.67. The van der Waals surface area contributed by atoms with E-state index in [1.807, 2.05) is 0 Å². The lowest BCUT2D eigenvalue weighted by atomic mass is 10.1. The number of non-ortho nitro benzene ring substituents is 1. The Bertz CT molecular complexity index is 643. The molecule has 2 rings (SSSR count). The van der Waals surface area contributed by atoms with Crippen molar-refractivity contribution >= 4 is 17.3 Å². The molecule has 2 aromatic rings. The topological polar surface area (TPSA) is 105 Å². The number of carboxylic acids is 1. The highest BCUT2D eigenvalue weighted by Crippen LogP contribution is 2.22. The first-order valence-corrected chi connectivity index (χ1v) is 5.72. The van der Waals surface area contributed by atoms with Gasteiger partial charge in [0.25, 0.3) is 5.69 Å². The van der Waals surface area contributed by atoms with Crippen LogP contribution < -0.4 is 5.32 Å². The van der Waals surface area contributed by atoms with E-state index < -0.39 is 10.9 Å². The van der Waals surface area contributed by atoms with E-state index >= 15 is 0 Å². The third-order valence-corrected chi connectivity index (χ3v) is 2.68. The summed E-state index contributed by atoms with van der Waals surface area (Å²) in [6.07, 6.45) is 3.26. The van der Waals surface area contributed by atoms with Crippen LogP contribution in [0.25, 0.3) is 0 Å². The largest absolute Gasteiger partial charge is 0.478 e. The number of nitrogens with one attached hydrogen (secondary N) is 1. The lowest BCUT2D eigenvalue weighted by Gasteiger charge is -2.09. The van der Waals surface area contributed by atoms with E-state index in [1.165, 1.54) is 12.1 Å². The van der Waals surface area contributed by atoms with Crippen LogP contribution in [0, 0.1) is 10.1 Å². The Morgan fingerprint density at radius 3 is 2.60 bits per heavy atom. The highest BCUT2D eigenvalue weighted by Gasteiger charge is 2.15. The summed E-state index contributed by atoms with van der Waals surface area (Å²) in [5.74, 6) is -1.22. The minimum absolute atomic E-state index is 0.131. The van der Waals surface area contributed by atoms with Crippen LogP contribution in [0.5, 0.6) is 0 Å². The number of pyridine rings is 1. The summed E-state index contributed by atoms with van der Waals surface area (Å²) in [4.78, 5) is 25.0. The Balaban J connectivity index is 2.23. The maximum atomic E-state index is 11.1. The predicted octanol–water partition coefficient (Wildman–Crippen LogP) is 2.30. The van der Waals surface area contributed by atoms with Crippen LogP contribution in [0.2, 0.25) is 0 Å². The van der Waals surface area contributed by atoms with E-state index in [1.54, 1.807) is 24.5 Å². The second-order valence-corrected chi connectivity index (χ2v) is 4.00. The van der Waals surface area contributed by atoms with Gasteiger partial charge in [0.15, 0.2) is 0 Å².